The molecule has 0 unspecified atom stereocenters. The Morgan fingerprint density at radius 3 is 2.80 bits per heavy atom. The van der Waals surface area contributed by atoms with Crippen molar-refractivity contribution in [2.75, 3.05) is 11.9 Å². The van der Waals surface area contributed by atoms with Crippen molar-refractivity contribution in [1.29, 1.82) is 5.26 Å². The highest BCUT2D eigenvalue weighted by Crippen LogP contribution is 2.33. The van der Waals surface area contributed by atoms with Gasteiger partial charge in [-0.2, -0.15) is 5.26 Å². The Hall–Kier alpha value is -4.13. The normalized spacial score (nSPS) is 11.2. The number of hydrogen-bond acceptors (Lipinski definition) is 7. The standard InChI is InChI=1S/C25H23ClN6O3/c1-25(2,14-27)31-24(34)16-4-3-5-18(12-16)35-21-7-6-17(13-19(21)26)30-23-22-20(28-15-29-23)8-9-32(22)10-11-33/h3-9,12-13,15,33H,10-11H2,1-2H3,(H,31,34)(H,28,29,30). The number of fused-ring (bicyclic) bond motifs is 1. The number of nitrogens with zero attached hydrogens (tertiary/aromatic N) is 4. The summed E-state index contributed by atoms with van der Waals surface area (Å²) in [5, 5.41) is 24.7. The molecule has 2 aromatic carbocycles. The van der Waals surface area contributed by atoms with E-state index in [4.69, 9.17) is 21.6 Å². The van der Waals surface area contributed by atoms with Crippen molar-refractivity contribution in [2.24, 2.45) is 0 Å². The van der Waals surface area contributed by atoms with Crippen LogP contribution in [-0.4, -0.2) is 37.7 Å². The highest BCUT2D eigenvalue weighted by Gasteiger charge is 2.20. The maximum atomic E-state index is 12.5. The molecule has 10 heteroatoms. The van der Waals surface area contributed by atoms with E-state index in [0.717, 1.165) is 11.0 Å². The number of halogens is 1. The minimum absolute atomic E-state index is 0.00504. The van der Waals surface area contributed by atoms with E-state index >= 15 is 0 Å². The number of carbonyl (C=O) groups excluding carboxylic acids is 1. The first-order valence-electron chi connectivity index (χ1n) is 10.8. The summed E-state index contributed by atoms with van der Waals surface area (Å²) in [5.74, 6) is 1.03. The van der Waals surface area contributed by atoms with Crippen LogP contribution in [0.5, 0.6) is 11.5 Å². The van der Waals surface area contributed by atoms with Gasteiger partial charge in [-0.3, -0.25) is 4.79 Å². The Bertz CT molecular complexity index is 1430. The predicted octanol–water partition coefficient (Wildman–Crippen LogP) is 4.64. The molecule has 0 radical (unpaired) electrons. The van der Waals surface area contributed by atoms with E-state index in [1.807, 2.05) is 22.9 Å². The number of amides is 1. The van der Waals surface area contributed by atoms with Crippen molar-refractivity contribution in [3.63, 3.8) is 0 Å². The molecule has 0 aliphatic carbocycles. The van der Waals surface area contributed by atoms with Gasteiger partial charge in [0.05, 0.1) is 23.2 Å². The van der Waals surface area contributed by atoms with E-state index in [9.17, 15) is 9.90 Å². The van der Waals surface area contributed by atoms with Crippen LogP contribution >= 0.6 is 11.6 Å². The second-order valence-corrected chi connectivity index (χ2v) is 8.69. The van der Waals surface area contributed by atoms with Crippen LogP contribution in [0.25, 0.3) is 11.0 Å². The molecule has 1 amide bonds. The first-order chi connectivity index (χ1) is 16.8. The molecule has 35 heavy (non-hydrogen) atoms. The monoisotopic (exact) mass is 490 g/mol. The first kappa shape index (κ1) is 24.0. The topological polar surface area (TPSA) is 125 Å². The largest absolute Gasteiger partial charge is 0.456 e. The molecule has 0 aliphatic heterocycles. The summed E-state index contributed by atoms with van der Waals surface area (Å²) in [6.07, 6.45) is 3.31. The van der Waals surface area contributed by atoms with Gasteiger partial charge in [0.2, 0.25) is 0 Å². The van der Waals surface area contributed by atoms with Gasteiger partial charge in [0.1, 0.15) is 28.9 Å². The highest BCUT2D eigenvalue weighted by molar-refractivity contribution is 6.32. The van der Waals surface area contributed by atoms with Gasteiger partial charge in [-0.1, -0.05) is 17.7 Å². The van der Waals surface area contributed by atoms with Gasteiger partial charge in [-0.05, 0) is 56.3 Å². The van der Waals surface area contributed by atoms with E-state index in [-0.39, 0.29) is 12.5 Å². The number of carbonyl (C=O) groups is 1. The summed E-state index contributed by atoms with van der Waals surface area (Å²) in [6.45, 7) is 3.66. The van der Waals surface area contributed by atoms with E-state index in [1.165, 1.54) is 6.33 Å². The molecular weight excluding hydrogens is 468 g/mol. The summed E-state index contributed by atoms with van der Waals surface area (Å²) in [7, 11) is 0. The molecule has 0 bridgehead atoms. The van der Waals surface area contributed by atoms with Crippen LogP contribution in [0.2, 0.25) is 5.02 Å². The quantitative estimate of drug-likeness (QED) is 0.328. The second-order valence-electron chi connectivity index (χ2n) is 8.28. The zero-order chi connectivity index (χ0) is 25.0. The number of hydrogen-bond donors (Lipinski definition) is 3. The van der Waals surface area contributed by atoms with Crippen LogP contribution in [0.1, 0.15) is 24.2 Å². The van der Waals surface area contributed by atoms with Gasteiger partial charge in [0, 0.05) is 24.0 Å². The SMILES string of the molecule is CC(C)(C#N)NC(=O)c1cccc(Oc2ccc(Nc3ncnc4ccn(CCO)c34)cc2Cl)c1. The number of aliphatic hydroxyl groups is 1. The lowest BCUT2D eigenvalue weighted by Gasteiger charge is -2.17. The molecule has 4 aromatic rings. The fourth-order valence-electron chi connectivity index (χ4n) is 3.43. The third-order valence-electron chi connectivity index (χ3n) is 5.12. The summed E-state index contributed by atoms with van der Waals surface area (Å²) in [5.41, 5.74) is 1.58. The van der Waals surface area contributed by atoms with Crippen molar-refractivity contribution in [1.82, 2.24) is 19.9 Å². The third-order valence-corrected chi connectivity index (χ3v) is 5.41. The van der Waals surface area contributed by atoms with Crippen LogP contribution in [0, 0.1) is 11.3 Å². The van der Waals surface area contributed by atoms with E-state index in [0.29, 0.717) is 40.1 Å². The van der Waals surface area contributed by atoms with Crippen molar-refractivity contribution < 1.29 is 14.6 Å². The Morgan fingerprint density at radius 1 is 1.23 bits per heavy atom. The predicted molar refractivity (Wildman–Crippen MR) is 133 cm³/mol. The Balaban J connectivity index is 1.52. The van der Waals surface area contributed by atoms with Crippen molar-refractivity contribution >= 4 is 40.0 Å². The number of benzene rings is 2. The van der Waals surface area contributed by atoms with Gasteiger partial charge >= 0.3 is 0 Å². The molecule has 0 fully saturated rings. The van der Waals surface area contributed by atoms with E-state index < -0.39 is 5.54 Å². The van der Waals surface area contributed by atoms with Crippen molar-refractivity contribution in [3.05, 3.63) is 71.6 Å². The zero-order valence-corrected chi connectivity index (χ0v) is 19.9. The second kappa shape index (κ2) is 10.0. The fraction of sp³-hybridized carbons (Fsp3) is 0.200. The zero-order valence-electron chi connectivity index (χ0n) is 19.1. The molecule has 0 saturated heterocycles. The highest BCUT2D eigenvalue weighted by atomic mass is 35.5. The van der Waals surface area contributed by atoms with Crippen LogP contribution in [-0.2, 0) is 6.54 Å². The number of nitriles is 1. The van der Waals surface area contributed by atoms with E-state index in [2.05, 4.69) is 20.6 Å². The summed E-state index contributed by atoms with van der Waals surface area (Å²) >= 11 is 6.48. The maximum absolute atomic E-state index is 12.5. The summed E-state index contributed by atoms with van der Waals surface area (Å²) in [4.78, 5) is 21.1. The maximum Gasteiger partial charge on any atom is 0.252 e. The Labute approximate surface area is 207 Å². The molecule has 0 aliphatic rings. The van der Waals surface area contributed by atoms with Crippen molar-refractivity contribution in [2.45, 2.75) is 25.9 Å². The summed E-state index contributed by atoms with van der Waals surface area (Å²) < 4.78 is 7.78. The lowest BCUT2D eigenvalue weighted by atomic mass is 10.1. The van der Waals surface area contributed by atoms with Crippen LogP contribution in [0.3, 0.4) is 0 Å². The summed E-state index contributed by atoms with van der Waals surface area (Å²) in [6, 6.07) is 15.7. The smallest absolute Gasteiger partial charge is 0.252 e. The first-order valence-corrected chi connectivity index (χ1v) is 11.2. The molecule has 2 aromatic heterocycles. The number of ether oxygens (including phenoxy) is 1. The molecule has 4 rings (SSSR count). The van der Waals surface area contributed by atoms with Gasteiger partial charge in [-0.15, -0.1) is 0 Å². The number of rotatable bonds is 8. The third kappa shape index (κ3) is 5.51. The van der Waals surface area contributed by atoms with Gasteiger partial charge in [0.15, 0.2) is 5.82 Å². The number of anilines is 2. The average molecular weight is 491 g/mol. The molecule has 178 valence electrons. The molecule has 9 nitrogen and oxygen atoms in total. The minimum atomic E-state index is -0.991. The minimum Gasteiger partial charge on any atom is -0.456 e. The molecule has 2 heterocycles. The van der Waals surface area contributed by atoms with Crippen LogP contribution in [0.15, 0.2) is 61.1 Å². The fourth-order valence-corrected chi connectivity index (χ4v) is 3.65. The molecule has 3 N–H and O–H groups in total. The number of aromatic nitrogens is 3. The van der Waals surface area contributed by atoms with Crippen molar-refractivity contribution in [3.8, 4) is 17.6 Å². The number of aliphatic hydroxyl groups excluding tert-OH is 1. The Morgan fingerprint density at radius 2 is 2.06 bits per heavy atom. The van der Waals surface area contributed by atoms with Crippen LogP contribution < -0.4 is 15.4 Å². The van der Waals surface area contributed by atoms with Gasteiger partial charge in [-0.25, -0.2) is 9.97 Å². The molecule has 0 spiro atoms. The van der Waals surface area contributed by atoms with E-state index in [1.54, 1.807) is 56.3 Å². The lowest BCUT2D eigenvalue weighted by molar-refractivity contribution is 0.0929. The Kier molecular flexibility index (Phi) is 6.87. The van der Waals surface area contributed by atoms with Gasteiger partial charge in [0.25, 0.3) is 5.91 Å². The average Bonchev–Trinajstić information content (AvgIpc) is 3.25. The molecule has 0 atom stereocenters. The molecular formula is C25H23ClN6O3. The lowest BCUT2D eigenvalue weighted by Crippen LogP contribution is -2.42. The van der Waals surface area contributed by atoms with Gasteiger partial charge < -0.3 is 25.0 Å². The molecule has 0 saturated carbocycles. The van der Waals surface area contributed by atoms with Crippen LogP contribution in [0.4, 0.5) is 11.5 Å². The number of nitrogens with one attached hydrogen (secondary N) is 2.